The van der Waals surface area contributed by atoms with Crippen LogP contribution < -0.4 is 16.6 Å². The minimum atomic E-state index is -0.565. The van der Waals surface area contributed by atoms with Gasteiger partial charge in [-0.1, -0.05) is 6.92 Å². The molecule has 0 bridgehead atoms. The van der Waals surface area contributed by atoms with Crippen molar-refractivity contribution in [2.24, 2.45) is 5.92 Å². The fourth-order valence-electron chi connectivity index (χ4n) is 4.08. The van der Waals surface area contributed by atoms with Crippen LogP contribution in [0.2, 0.25) is 0 Å². The number of rotatable bonds is 5. The van der Waals surface area contributed by atoms with Gasteiger partial charge in [0.05, 0.1) is 10.9 Å². The van der Waals surface area contributed by atoms with E-state index in [1.807, 2.05) is 26.0 Å². The number of likely N-dealkylation sites (tertiary alicyclic amines) is 1. The molecule has 0 spiro atoms. The average Bonchev–Trinajstić information content (AvgIpc) is 2.81. The number of H-pyrrole nitrogens is 1. The Morgan fingerprint density at radius 2 is 1.94 bits per heavy atom. The van der Waals surface area contributed by atoms with Gasteiger partial charge in [0.25, 0.3) is 11.5 Å². The van der Waals surface area contributed by atoms with E-state index in [-0.39, 0.29) is 34.3 Å². The van der Waals surface area contributed by atoms with Crippen LogP contribution in [0.4, 0.5) is 5.82 Å². The fourth-order valence-corrected chi connectivity index (χ4v) is 4.08. The van der Waals surface area contributed by atoms with Gasteiger partial charge >= 0.3 is 5.69 Å². The number of amides is 2. The summed E-state index contributed by atoms with van der Waals surface area (Å²) in [5.74, 6) is -0.0471. The summed E-state index contributed by atoms with van der Waals surface area (Å²) in [6.07, 6.45) is 4.81. The topological polar surface area (TPSA) is 130 Å². The van der Waals surface area contributed by atoms with Gasteiger partial charge in [0.1, 0.15) is 11.5 Å². The number of carbonyl (C=O) groups is 2. The van der Waals surface area contributed by atoms with E-state index in [0.717, 1.165) is 5.56 Å². The van der Waals surface area contributed by atoms with E-state index >= 15 is 0 Å². The predicted octanol–water partition coefficient (Wildman–Crippen LogP) is 1.69. The zero-order chi connectivity index (χ0) is 23.5. The number of piperidine rings is 1. The Morgan fingerprint density at radius 1 is 1.18 bits per heavy atom. The minimum Gasteiger partial charge on any atom is -0.339 e. The largest absolute Gasteiger partial charge is 0.339 e. The number of aryl methyl sites for hydroxylation is 2. The number of nitrogens with zero attached hydrogens (tertiary/aromatic N) is 4. The molecule has 2 N–H and O–H groups in total. The highest BCUT2D eigenvalue weighted by Gasteiger charge is 2.28. The quantitative estimate of drug-likeness (QED) is 0.608. The first-order valence-electron chi connectivity index (χ1n) is 11.0. The molecule has 0 unspecified atom stereocenters. The van der Waals surface area contributed by atoms with Gasteiger partial charge in [-0.25, -0.2) is 14.8 Å². The van der Waals surface area contributed by atoms with Crippen LogP contribution in [-0.2, 0) is 11.3 Å². The zero-order valence-electron chi connectivity index (χ0n) is 18.6. The van der Waals surface area contributed by atoms with E-state index < -0.39 is 11.2 Å². The van der Waals surface area contributed by atoms with Crippen molar-refractivity contribution in [3.8, 4) is 0 Å². The number of carbonyl (C=O) groups excluding carboxylic acids is 2. The Bertz CT molecular complexity index is 1320. The molecule has 0 saturated carbocycles. The average molecular weight is 450 g/mol. The van der Waals surface area contributed by atoms with Gasteiger partial charge in [0.2, 0.25) is 5.91 Å². The molecule has 0 atom stereocenters. The van der Waals surface area contributed by atoms with E-state index in [1.165, 1.54) is 16.8 Å². The number of hydrogen-bond acceptors (Lipinski definition) is 6. The lowest BCUT2D eigenvalue weighted by Gasteiger charge is -2.31. The van der Waals surface area contributed by atoms with E-state index in [0.29, 0.717) is 44.7 Å². The highest BCUT2D eigenvalue weighted by molar-refractivity contribution is 5.97. The minimum absolute atomic E-state index is 0.104. The summed E-state index contributed by atoms with van der Waals surface area (Å²) >= 11 is 0. The van der Waals surface area contributed by atoms with E-state index in [9.17, 15) is 19.2 Å². The molecule has 1 aliphatic rings. The SMILES string of the molecule is CCCn1c(=O)[nH]c(=O)c2cc(C(=O)N3CCC(C(=O)Nc4cc(C)ccn4)CC3)cnc21. The number of anilines is 1. The van der Waals surface area contributed by atoms with Gasteiger partial charge in [0, 0.05) is 37.9 Å². The lowest BCUT2D eigenvalue weighted by molar-refractivity contribution is -0.121. The predicted molar refractivity (Wildman–Crippen MR) is 123 cm³/mol. The molecule has 3 aromatic rings. The molecule has 0 radical (unpaired) electrons. The first-order chi connectivity index (χ1) is 15.9. The normalized spacial score (nSPS) is 14.4. The maximum Gasteiger partial charge on any atom is 0.329 e. The molecule has 10 nitrogen and oxygen atoms in total. The number of hydrogen-bond donors (Lipinski definition) is 2. The summed E-state index contributed by atoms with van der Waals surface area (Å²) in [5, 5.41) is 3.05. The summed E-state index contributed by atoms with van der Waals surface area (Å²) in [6.45, 7) is 5.10. The third-order valence-electron chi connectivity index (χ3n) is 5.85. The van der Waals surface area contributed by atoms with Crippen molar-refractivity contribution >= 4 is 28.7 Å². The Morgan fingerprint density at radius 3 is 2.64 bits per heavy atom. The van der Waals surface area contributed by atoms with Crippen LogP contribution in [0.25, 0.3) is 11.0 Å². The first-order valence-corrected chi connectivity index (χ1v) is 11.0. The van der Waals surface area contributed by atoms with Gasteiger partial charge < -0.3 is 10.2 Å². The summed E-state index contributed by atoms with van der Waals surface area (Å²) in [4.78, 5) is 62.4. The summed E-state index contributed by atoms with van der Waals surface area (Å²) in [6, 6.07) is 5.15. The molecular formula is C23H26N6O4. The van der Waals surface area contributed by atoms with Gasteiger partial charge in [-0.05, 0) is 49.9 Å². The third-order valence-corrected chi connectivity index (χ3v) is 5.85. The van der Waals surface area contributed by atoms with Crippen molar-refractivity contribution in [1.29, 1.82) is 0 Å². The number of aromatic amines is 1. The zero-order valence-corrected chi connectivity index (χ0v) is 18.6. The molecule has 172 valence electrons. The van der Waals surface area contributed by atoms with E-state index in [1.54, 1.807) is 11.1 Å². The number of pyridine rings is 2. The lowest BCUT2D eigenvalue weighted by Crippen LogP contribution is -2.41. The van der Waals surface area contributed by atoms with E-state index in [4.69, 9.17) is 0 Å². The van der Waals surface area contributed by atoms with Crippen LogP contribution in [-0.4, -0.2) is 49.3 Å². The second kappa shape index (κ2) is 9.35. The molecule has 4 heterocycles. The Balaban J connectivity index is 1.45. The second-order valence-electron chi connectivity index (χ2n) is 8.28. The second-order valence-corrected chi connectivity index (χ2v) is 8.28. The molecule has 4 rings (SSSR count). The molecule has 10 heteroatoms. The molecule has 1 aliphatic heterocycles. The van der Waals surface area contributed by atoms with Crippen molar-refractivity contribution in [2.75, 3.05) is 18.4 Å². The Labute approximate surface area is 189 Å². The van der Waals surface area contributed by atoms with Crippen LogP contribution in [0.5, 0.6) is 0 Å². The van der Waals surface area contributed by atoms with Gasteiger partial charge in [-0.15, -0.1) is 0 Å². The number of fused-ring (bicyclic) bond motifs is 1. The molecular weight excluding hydrogens is 424 g/mol. The molecule has 3 aromatic heterocycles. The lowest BCUT2D eigenvalue weighted by atomic mass is 9.95. The number of aromatic nitrogens is 4. The number of nitrogens with one attached hydrogen (secondary N) is 2. The highest BCUT2D eigenvalue weighted by Crippen LogP contribution is 2.21. The molecule has 2 amide bonds. The third kappa shape index (κ3) is 4.69. The van der Waals surface area contributed by atoms with Crippen LogP contribution in [0, 0.1) is 12.8 Å². The first kappa shape index (κ1) is 22.4. The highest BCUT2D eigenvalue weighted by atomic mass is 16.2. The smallest absolute Gasteiger partial charge is 0.329 e. The summed E-state index contributed by atoms with van der Waals surface area (Å²) in [5.41, 5.74) is 0.478. The van der Waals surface area contributed by atoms with Crippen LogP contribution in [0.3, 0.4) is 0 Å². The van der Waals surface area contributed by atoms with Crippen molar-refractivity contribution in [3.05, 3.63) is 62.6 Å². The summed E-state index contributed by atoms with van der Waals surface area (Å²) in [7, 11) is 0. The molecule has 33 heavy (non-hydrogen) atoms. The molecule has 1 saturated heterocycles. The van der Waals surface area contributed by atoms with Gasteiger partial charge in [-0.2, -0.15) is 0 Å². The van der Waals surface area contributed by atoms with Crippen molar-refractivity contribution in [3.63, 3.8) is 0 Å². The Hall–Kier alpha value is -3.82. The van der Waals surface area contributed by atoms with Gasteiger partial charge in [0.15, 0.2) is 0 Å². The molecule has 0 aromatic carbocycles. The molecule has 1 fully saturated rings. The van der Waals surface area contributed by atoms with Crippen LogP contribution in [0.1, 0.15) is 42.1 Å². The monoisotopic (exact) mass is 450 g/mol. The van der Waals surface area contributed by atoms with Crippen LogP contribution >= 0.6 is 0 Å². The van der Waals surface area contributed by atoms with Crippen molar-refractivity contribution in [2.45, 2.75) is 39.7 Å². The van der Waals surface area contributed by atoms with Crippen LogP contribution in [0.15, 0.2) is 40.2 Å². The maximum atomic E-state index is 13.0. The van der Waals surface area contributed by atoms with Crippen molar-refractivity contribution in [1.82, 2.24) is 24.4 Å². The summed E-state index contributed by atoms with van der Waals surface area (Å²) < 4.78 is 1.40. The standard InChI is InChI=1S/C23H26N6O4/c1-3-8-29-19-17(21(31)27-23(29)33)12-16(13-25-19)22(32)28-9-5-15(6-10-28)20(30)26-18-11-14(2)4-7-24-18/h4,7,11-13,15H,3,5-6,8-10H2,1-2H3,(H,24,26,30)(H,27,31,33). The maximum absolute atomic E-state index is 13.0. The van der Waals surface area contributed by atoms with Crippen molar-refractivity contribution < 1.29 is 9.59 Å². The fraction of sp³-hybridized carbons (Fsp3) is 0.391. The van der Waals surface area contributed by atoms with E-state index in [2.05, 4.69) is 20.3 Å². The van der Waals surface area contributed by atoms with Gasteiger partial charge in [-0.3, -0.25) is 23.9 Å². The molecule has 0 aliphatic carbocycles. The Kier molecular flexibility index (Phi) is 6.34.